The van der Waals surface area contributed by atoms with Gasteiger partial charge in [0.25, 0.3) is 0 Å². The van der Waals surface area contributed by atoms with E-state index in [1.807, 2.05) is 0 Å². The summed E-state index contributed by atoms with van der Waals surface area (Å²) in [6.07, 6.45) is 8.46. The SMILES string of the molecule is O=C(CCC1CCCN(S(=O)(=O)c2ccccc2F)C1)NC1CCCCC1. The largest absolute Gasteiger partial charge is 0.353 e. The lowest BCUT2D eigenvalue weighted by Crippen LogP contribution is -2.41. The Morgan fingerprint density at radius 1 is 1.11 bits per heavy atom. The van der Waals surface area contributed by atoms with Crippen LogP contribution in [0, 0.1) is 11.7 Å². The van der Waals surface area contributed by atoms with Crippen molar-refractivity contribution in [2.75, 3.05) is 13.1 Å². The Morgan fingerprint density at radius 3 is 2.59 bits per heavy atom. The van der Waals surface area contributed by atoms with Crippen molar-refractivity contribution in [1.82, 2.24) is 9.62 Å². The molecule has 1 aliphatic heterocycles. The number of nitrogens with one attached hydrogen (secondary N) is 1. The zero-order chi connectivity index (χ0) is 19.3. The first-order valence-corrected chi connectivity index (χ1v) is 11.4. The van der Waals surface area contributed by atoms with E-state index in [1.54, 1.807) is 0 Å². The zero-order valence-electron chi connectivity index (χ0n) is 15.7. The number of rotatable bonds is 6. The Bertz CT molecular complexity index is 747. The number of halogens is 1. The van der Waals surface area contributed by atoms with Crippen molar-refractivity contribution in [2.45, 2.75) is 68.7 Å². The summed E-state index contributed by atoms with van der Waals surface area (Å²) < 4.78 is 40.9. The van der Waals surface area contributed by atoms with Gasteiger partial charge >= 0.3 is 0 Å². The molecule has 1 heterocycles. The summed E-state index contributed by atoms with van der Waals surface area (Å²) in [6.45, 7) is 0.759. The highest BCUT2D eigenvalue weighted by atomic mass is 32.2. The highest BCUT2D eigenvalue weighted by Crippen LogP contribution is 2.27. The highest BCUT2D eigenvalue weighted by molar-refractivity contribution is 7.89. The molecule has 2 aliphatic rings. The number of carbonyl (C=O) groups excluding carboxylic acids is 1. The van der Waals surface area contributed by atoms with Crippen molar-refractivity contribution >= 4 is 15.9 Å². The molecule has 1 aromatic rings. The normalized spacial score (nSPS) is 22.5. The van der Waals surface area contributed by atoms with E-state index in [-0.39, 0.29) is 16.7 Å². The van der Waals surface area contributed by atoms with Crippen LogP contribution in [0.2, 0.25) is 0 Å². The van der Waals surface area contributed by atoms with Crippen LogP contribution in [0.15, 0.2) is 29.2 Å². The number of amides is 1. The van der Waals surface area contributed by atoms with Gasteiger partial charge in [-0.2, -0.15) is 4.31 Å². The lowest BCUT2D eigenvalue weighted by Gasteiger charge is -2.32. The summed E-state index contributed by atoms with van der Waals surface area (Å²) in [4.78, 5) is 11.9. The average molecular weight is 397 g/mol. The molecule has 7 heteroatoms. The number of hydrogen-bond donors (Lipinski definition) is 1. The number of piperidine rings is 1. The molecule has 0 aromatic heterocycles. The van der Waals surface area contributed by atoms with Crippen molar-refractivity contribution in [3.63, 3.8) is 0 Å². The fourth-order valence-corrected chi connectivity index (χ4v) is 5.78. The van der Waals surface area contributed by atoms with Gasteiger partial charge in [-0.15, -0.1) is 0 Å². The third kappa shape index (κ3) is 5.29. The Balaban J connectivity index is 1.53. The minimum absolute atomic E-state index is 0.0657. The van der Waals surface area contributed by atoms with Gasteiger partial charge in [0.05, 0.1) is 0 Å². The lowest BCUT2D eigenvalue weighted by atomic mass is 9.93. The van der Waals surface area contributed by atoms with E-state index >= 15 is 0 Å². The summed E-state index contributed by atoms with van der Waals surface area (Å²) >= 11 is 0. The molecule has 1 aromatic carbocycles. The molecule has 3 rings (SSSR count). The molecule has 1 saturated heterocycles. The second kappa shape index (κ2) is 9.15. The highest BCUT2D eigenvalue weighted by Gasteiger charge is 2.32. The monoisotopic (exact) mass is 396 g/mol. The maximum absolute atomic E-state index is 14.0. The van der Waals surface area contributed by atoms with Gasteiger partial charge in [-0.3, -0.25) is 4.79 Å². The molecule has 0 radical (unpaired) electrons. The molecule has 0 bridgehead atoms. The molecule has 1 aliphatic carbocycles. The van der Waals surface area contributed by atoms with Crippen molar-refractivity contribution in [3.05, 3.63) is 30.1 Å². The fraction of sp³-hybridized carbons (Fsp3) is 0.650. The van der Waals surface area contributed by atoms with Crippen LogP contribution >= 0.6 is 0 Å². The summed E-state index contributed by atoms with van der Waals surface area (Å²) in [5, 5.41) is 3.11. The van der Waals surface area contributed by atoms with Crippen LogP contribution in [0.4, 0.5) is 4.39 Å². The summed E-state index contributed by atoms with van der Waals surface area (Å²) in [5.74, 6) is -0.514. The standard InChI is InChI=1S/C20H29FN2O3S/c21-18-10-4-5-11-19(18)27(25,26)23-14-6-7-16(15-23)12-13-20(24)22-17-8-2-1-3-9-17/h4-5,10-11,16-17H,1-3,6-9,12-15H2,(H,22,24). The average Bonchev–Trinajstić information content (AvgIpc) is 2.68. The Hall–Kier alpha value is -1.47. The molecule has 1 atom stereocenters. The van der Waals surface area contributed by atoms with E-state index in [0.29, 0.717) is 32.0 Å². The first-order chi connectivity index (χ1) is 13.0. The van der Waals surface area contributed by atoms with Crippen molar-refractivity contribution in [1.29, 1.82) is 0 Å². The number of benzene rings is 1. The molecule has 1 N–H and O–H groups in total. The zero-order valence-corrected chi connectivity index (χ0v) is 16.5. The first kappa shape index (κ1) is 20.3. The van der Waals surface area contributed by atoms with Crippen LogP contribution in [-0.4, -0.2) is 37.8 Å². The smallest absolute Gasteiger partial charge is 0.245 e. The third-order valence-electron chi connectivity index (χ3n) is 5.69. The Morgan fingerprint density at radius 2 is 1.85 bits per heavy atom. The Labute approximate surface area is 161 Å². The predicted octanol–water partition coefficient (Wildman–Crippen LogP) is 3.46. The van der Waals surface area contributed by atoms with Crippen LogP contribution < -0.4 is 5.32 Å². The van der Waals surface area contributed by atoms with E-state index < -0.39 is 15.8 Å². The minimum Gasteiger partial charge on any atom is -0.353 e. The van der Waals surface area contributed by atoms with Crippen LogP contribution in [0.5, 0.6) is 0 Å². The van der Waals surface area contributed by atoms with Gasteiger partial charge in [0, 0.05) is 25.6 Å². The van der Waals surface area contributed by atoms with Gasteiger partial charge in [-0.25, -0.2) is 12.8 Å². The second-order valence-corrected chi connectivity index (χ2v) is 9.65. The fourth-order valence-electron chi connectivity index (χ4n) is 4.16. The quantitative estimate of drug-likeness (QED) is 0.801. The van der Waals surface area contributed by atoms with Crippen LogP contribution in [0.25, 0.3) is 0 Å². The third-order valence-corrected chi connectivity index (χ3v) is 7.58. The number of sulfonamides is 1. The van der Waals surface area contributed by atoms with Gasteiger partial charge in [0.1, 0.15) is 10.7 Å². The Kier molecular flexibility index (Phi) is 6.87. The molecule has 150 valence electrons. The molecular weight excluding hydrogens is 367 g/mol. The maximum Gasteiger partial charge on any atom is 0.245 e. The molecule has 1 amide bonds. The minimum atomic E-state index is -3.83. The molecule has 27 heavy (non-hydrogen) atoms. The van der Waals surface area contributed by atoms with E-state index in [9.17, 15) is 17.6 Å². The topological polar surface area (TPSA) is 66.5 Å². The van der Waals surface area contributed by atoms with E-state index in [4.69, 9.17) is 0 Å². The first-order valence-electron chi connectivity index (χ1n) is 10.0. The van der Waals surface area contributed by atoms with Gasteiger partial charge in [-0.1, -0.05) is 31.4 Å². The van der Waals surface area contributed by atoms with Crippen molar-refractivity contribution in [2.24, 2.45) is 5.92 Å². The predicted molar refractivity (Wildman–Crippen MR) is 102 cm³/mol. The van der Waals surface area contributed by atoms with Crippen LogP contribution in [0.1, 0.15) is 57.8 Å². The summed E-state index contributed by atoms with van der Waals surface area (Å²) in [5.41, 5.74) is 0. The molecule has 5 nitrogen and oxygen atoms in total. The van der Waals surface area contributed by atoms with Gasteiger partial charge in [0.2, 0.25) is 15.9 Å². The van der Waals surface area contributed by atoms with E-state index in [0.717, 1.165) is 25.7 Å². The maximum atomic E-state index is 14.0. The number of hydrogen-bond acceptors (Lipinski definition) is 3. The molecule has 0 spiro atoms. The molecule has 1 saturated carbocycles. The van der Waals surface area contributed by atoms with E-state index in [1.165, 1.54) is 47.8 Å². The molecular formula is C20H29FN2O3S. The molecule has 2 fully saturated rings. The van der Waals surface area contributed by atoms with Gasteiger partial charge in [0.15, 0.2) is 0 Å². The lowest BCUT2D eigenvalue weighted by molar-refractivity contribution is -0.122. The molecule has 1 unspecified atom stereocenters. The summed E-state index contributed by atoms with van der Waals surface area (Å²) in [7, 11) is -3.83. The number of carbonyl (C=O) groups is 1. The van der Waals surface area contributed by atoms with Crippen LogP contribution in [0.3, 0.4) is 0 Å². The van der Waals surface area contributed by atoms with Crippen LogP contribution in [-0.2, 0) is 14.8 Å². The van der Waals surface area contributed by atoms with Gasteiger partial charge in [-0.05, 0) is 50.2 Å². The van der Waals surface area contributed by atoms with Gasteiger partial charge < -0.3 is 5.32 Å². The summed E-state index contributed by atoms with van der Waals surface area (Å²) in [6, 6.07) is 5.80. The van der Waals surface area contributed by atoms with Crippen molar-refractivity contribution < 1.29 is 17.6 Å². The van der Waals surface area contributed by atoms with E-state index in [2.05, 4.69) is 5.32 Å². The van der Waals surface area contributed by atoms with Crippen molar-refractivity contribution in [3.8, 4) is 0 Å². The number of nitrogens with zero attached hydrogens (tertiary/aromatic N) is 1. The second-order valence-electron chi connectivity index (χ2n) is 7.74.